The Morgan fingerprint density at radius 3 is 1.93 bits per heavy atom. The van der Waals surface area contributed by atoms with Crippen molar-refractivity contribution in [1.29, 1.82) is 0 Å². The van der Waals surface area contributed by atoms with E-state index in [-0.39, 0.29) is 58.7 Å². The Hall–Kier alpha value is 0.576. The maximum absolute atomic E-state index is 10.8. The minimum absolute atomic E-state index is 0. The summed E-state index contributed by atoms with van der Waals surface area (Å²) in [6.45, 7) is 4.82. The van der Waals surface area contributed by atoms with Crippen molar-refractivity contribution in [2.45, 2.75) is 33.6 Å². The molecule has 0 saturated heterocycles. The van der Waals surface area contributed by atoms with E-state index in [1.54, 1.807) is 6.92 Å². The van der Waals surface area contributed by atoms with Gasteiger partial charge in [0, 0.05) is 0 Å². The number of carboxylic acids is 2. The average molecular weight is 228 g/mol. The Morgan fingerprint density at radius 2 is 1.71 bits per heavy atom. The van der Waals surface area contributed by atoms with Crippen molar-refractivity contribution in [3.8, 4) is 0 Å². The first-order chi connectivity index (χ1) is 5.87. The van der Waals surface area contributed by atoms with Gasteiger partial charge < -0.3 is 11.6 Å². The molecule has 0 spiro atoms. The van der Waals surface area contributed by atoms with Gasteiger partial charge in [0.25, 0.3) is 0 Å². The van der Waals surface area contributed by atoms with Crippen LogP contribution in [0.15, 0.2) is 0 Å². The Bertz CT molecular complexity index is 206. The van der Waals surface area contributed by atoms with E-state index in [9.17, 15) is 9.59 Å². The molecule has 0 aromatic carbocycles. The SMILES string of the molecule is CCCC(C)C(C)(C(=O)O)C(=O)O.[H-].[K+]. The largest absolute Gasteiger partial charge is 1.00 e. The second-order valence-electron chi connectivity index (χ2n) is 3.50. The summed E-state index contributed by atoms with van der Waals surface area (Å²) in [5.41, 5.74) is -1.66. The molecule has 4 nitrogen and oxygen atoms in total. The Morgan fingerprint density at radius 1 is 1.36 bits per heavy atom. The van der Waals surface area contributed by atoms with Crippen molar-refractivity contribution in [2.24, 2.45) is 11.3 Å². The summed E-state index contributed by atoms with van der Waals surface area (Å²) in [6, 6.07) is 0. The molecule has 78 valence electrons. The fourth-order valence-electron chi connectivity index (χ4n) is 1.23. The van der Waals surface area contributed by atoms with Gasteiger partial charge in [-0.15, -0.1) is 0 Å². The zero-order valence-electron chi connectivity index (χ0n) is 10.2. The van der Waals surface area contributed by atoms with Gasteiger partial charge >= 0.3 is 63.3 Å². The van der Waals surface area contributed by atoms with Crippen LogP contribution in [0.25, 0.3) is 0 Å². The van der Waals surface area contributed by atoms with Gasteiger partial charge in [-0.3, -0.25) is 9.59 Å². The first kappa shape index (κ1) is 17.0. The molecular formula is C9H17KO4. The Labute approximate surface area is 128 Å². The van der Waals surface area contributed by atoms with Gasteiger partial charge in [-0.1, -0.05) is 20.3 Å². The normalized spacial score (nSPS) is 12.8. The van der Waals surface area contributed by atoms with Gasteiger partial charge in [0.05, 0.1) is 0 Å². The van der Waals surface area contributed by atoms with Gasteiger partial charge in [0.2, 0.25) is 0 Å². The van der Waals surface area contributed by atoms with E-state index in [0.29, 0.717) is 6.42 Å². The minimum Gasteiger partial charge on any atom is -1.00 e. The third-order valence-corrected chi connectivity index (χ3v) is 2.60. The van der Waals surface area contributed by atoms with E-state index in [4.69, 9.17) is 10.2 Å². The van der Waals surface area contributed by atoms with E-state index < -0.39 is 17.4 Å². The molecule has 2 N–H and O–H groups in total. The van der Waals surface area contributed by atoms with Crippen LogP contribution in [0.2, 0.25) is 0 Å². The number of rotatable bonds is 5. The van der Waals surface area contributed by atoms with E-state index in [1.807, 2.05) is 6.92 Å². The summed E-state index contributed by atoms with van der Waals surface area (Å²) in [4.78, 5) is 21.6. The zero-order valence-corrected chi connectivity index (χ0v) is 12.3. The second-order valence-corrected chi connectivity index (χ2v) is 3.50. The van der Waals surface area contributed by atoms with Crippen LogP contribution in [-0.4, -0.2) is 22.2 Å². The van der Waals surface area contributed by atoms with Gasteiger partial charge in [-0.05, 0) is 19.3 Å². The molecule has 0 aromatic heterocycles. The first-order valence-electron chi connectivity index (χ1n) is 4.34. The van der Waals surface area contributed by atoms with Crippen LogP contribution in [-0.2, 0) is 9.59 Å². The molecule has 1 atom stereocenters. The molecule has 0 aliphatic rings. The van der Waals surface area contributed by atoms with Crippen molar-refractivity contribution < 1.29 is 72.6 Å². The fourth-order valence-corrected chi connectivity index (χ4v) is 1.23. The molecule has 0 aromatic rings. The zero-order chi connectivity index (χ0) is 10.6. The van der Waals surface area contributed by atoms with Crippen molar-refractivity contribution in [3.05, 3.63) is 0 Å². The number of carboxylic acid groups (broad SMARTS) is 2. The van der Waals surface area contributed by atoms with Crippen LogP contribution in [0.4, 0.5) is 0 Å². The van der Waals surface area contributed by atoms with Gasteiger partial charge in [-0.25, -0.2) is 0 Å². The van der Waals surface area contributed by atoms with Crippen LogP contribution in [0, 0.1) is 11.3 Å². The number of hydrogen-bond acceptors (Lipinski definition) is 2. The van der Waals surface area contributed by atoms with Gasteiger partial charge in [0.15, 0.2) is 5.41 Å². The van der Waals surface area contributed by atoms with Crippen molar-refractivity contribution in [1.82, 2.24) is 0 Å². The molecule has 14 heavy (non-hydrogen) atoms. The summed E-state index contributed by atoms with van der Waals surface area (Å²) in [5.74, 6) is -2.88. The quantitative estimate of drug-likeness (QED) is 0.454. The first-order valence-corrected chi connectivity index (χ1v) is 4.34. The molecule has 0 saturated carbocycles. The molecule has 0 bridgehead atoms. The second kappa shape index (κ2) is 6.95. The van der Waals surface area contributed by atoms with E-state index in [2.05, 4.69) is 0 Å². The summed E-state index contributed by atoms with van der Waals surface area (Å²) < 4.78 is 0. The molecule has 1 unspecified atom stereocenters. The minimum atomic E-state index is -1.66. The smallest absolute Gasteiger partial charge is 1.00 e. The summed E-state index contributed by atoms with van der Waals surface area (Å²) >= 11 is 0. The van der Waals surface area contributed by atoms with Crippen LogP contribution < -0.4 is 51.4 Å². The molecular weight excluding hydrogens is 211 g/mol. The molecule has 0 radical (unpaired) electrons. The molecule has 0 amide bonds. The van der Waals surface area contributed by atoms with Crippen molar-refractivity contribution >= 4 is 11.9 Å². The third-order valence-electron chi connectivity index (χ3n) is 2.60. The Kier molecular flexibility index (Phi) is 8.43. The monoisotopic (exact) mass is 228 g/mol. The van der Waals surface area contributed by atoms with Crippen LogP contribution in [0.5, 0.6) is 0 Å². The predicted octanol–water partition coefficient (Wildman–Crippen LogP) is -1.29. The van der Waals surface area contributed by atoms with E-state index in [1.165, 1.54) is 6.92 Å². The number of carbonyl (C=O) groups is 2. The molecule has 0 aliphatic carbocycles. The standard InChI is InChI=1S/C9H16O4.K.H/c1-4-5-6(2)9(3,7(10)11)8(12)13;;/h6H,4-5H2,1-3H3,(H,10,11)(H,12,13);;/q;+1;-1. The topological polar surface area (TPSA) is 74.6 Å². The third kappa shape index (κ3) is 3.62. The van der Waals surface area contributed by atoms with E-state index in [0.717, 1.165) is 6.42 Å². The Balaban J connectivity index is -0.000000720. The maximum Gasteiger partial charge on any atom is 1.00 e. The molecule has 0 aliphatic heterocycles. The number of aliphatic carboxylic acids is 2. The number of hydrogen-bond donors (Lipinski definition) is 2. The van der Waals surface area contributed by atoms with Crippen LogP contribution in [0.1, 0.15) is 35.0 Å². The van der Waals surface area contributed by atoms with Crippen molar-refractivity contribution in [2.75, 3.05) is 0 Å². The average Bonchev–Trinajstić information content (AvgIpc) is 2.02. The van der Waals surface area contributed by atoms with Crippen LogP contribution in [0.3, 0.4) is 0 Å². The molecule has 0 rings (SSSR count). The molecule has 0 fully saturated rings. The fraction of sp³-hybridized carbons (Fsp3) is 0.778. The van der Waals surface area contributed by atoms with Crippen molar-refractivity contribution in [3.63, 3.8) is 0 Å². The van der Waals surface area contributed by atoms with Gasteiger partial charge in [-0.2, -0.15) is 0 Å². The maximum atomic E-state index is 10.8. The molecule has 5 heteroatoms. The molecule has 0 heterocycles. The summed E-state index contributed by atoms with van der Waals surface area (Å²) in [5, 5.41) is 17.6. The predicted molar refractivity (Wildman–Crippen MR) is 48.6 cm³/mol. The summed E-state index contributed by atoms with van der Waals surface area (Å²) in [6.07, 6.45) is 1.40. The van der Waals surface area contributed by atoms with Gasteiger partial charge in [0.1, 0.15) is 0 Å². The van der Waals surface area contributed by atoms with Crippen LogP contribution >= 0.6 is 0 Å². The van der Waals surface area contributed by atoms with E-state index >= 15 is 0 Å². The summed E-state index contributed by atoms with van der Waals surface area (Å²) in [7, 11) is 0.